The molecule has 7 nitrogen and oxygen atoms in total. The van der Waals surface area contributed by atoms with Crippen LogP contribution in [0, 0.1) is 6.92 Å². The fraction of sp³-hybridized carbons (Fsp3) is 0.182. The van der Waals surface area contributed by atoms with Crippen LogP contribution in [0.15, 0.2) is 69.7 Å². The van der Waals surface area contributed by atoms with E-state index in [1.165, 1.54) is 16.8 Å². The average molecular weight is 453 g/mol. The number of hydrogen-bond acceptors (Lipinski definition) is 6. The molecule has 0 spiro atoms. The van der Waals surface area contributed by atoms with Gasteiger partial charge in [-0.2, -0.15) is 0 Å². The molecule has 0 aliphatic carbocycles. The molecular formula is C22H20N4O3S2. The topological polar surface area (TPSA) is 86.0 Å². The van der Waals surface area contributed by atoms with Crippen LogP contribution in [0.3, 0.4) is 0 Å². The van der Waals surface area contributed by atoms with Crippen LogP contribution in [0.25, 0.3) is 10.6 Å². The van der Waals surface area contributed by atoms with Crippen LogP contribution in [0.2, 0.25) is 0 Å². The predicted molar refractivity (Wildman–Crippen MR) is 123 cm³/mol. The number of aromatic nitrogens is 3. The standard InChI is InChI=1S/C22H20N4O3S2/c1-15-24-18(14-30-15)19-8-7-17(31-19)11-23-20(27)13-26-21(28)9-10-25(22(26)29)12-16-5-3-2-4-6-16/h2-10,14H,11-13H2,1H3,(H,23,27). The Morgan fingerprint density at radius 1 is 1.10 bits per heavy atom. The number of rotatable bonds is 7. The Balaban J connectivity index is 1.42. The first-order valence-corrected chi connectivity index (χ1v) is 11.3. The summed E-state index contributed by atoms with van der Waals surface area (Å²) in [5.41, 5.74) is 0.855. The number of carbonyl (C=O) groups is 1. The minimum absolute atomic E-state index is 0.323. The van der Waals surface area contributed by atoms with E-state index in [0.717, 1.165) is 30.6 Å². The molecule has 0 aliphatic rings. The lowest BCUT2D eigenvalue weighted by molar-refractivity contribution is -0.121. The van der Waals surface area contributed by atoms with Crippen molar-refractivity contribution in [2.24, 2.45) is 0 Å². The third kappa shape index (κ3) is 5.07. The fourth-order valence-corrected chi connectivity index (χ4v) is 4.67. The van der Waals surface area contributed by atoms with Crippen LogP contribution in [-0.4, -0.2) is 20.0 Å². The highest BCUT2D eigenvalue weighted by Gasteiger charge is 2.11. The molecule has 3 heterocycles. The van der Waals surface area contributed by atoms with E-state index >= 15 is 0 Å². The second-order valence-corrected chi connectivity index (χ2v) is 9.16. The molecule has 0 aliphatic heterocycles. The van der Waals surface area contributed by atoms with Crippen molar-refractivity contribution in [3.8, 4) is 10.6 Å². The van der Waals surface area contributed by atoms with E-state index < -0.39 is 17.2 Å². The molecule has 0 radical (unpaired) electrons. The summed E-state index contributed by atoms with van der Waals surface area (Å²) in [5.74, 6) is -0.392. The fourth-order valence-electron chi connectivity index (χ4n) is 3.08. The molecule has 1 aromatic carbocycles. The molecule has 4 rings (SSSR count). The van der Waals surface area contributed by atoms with Gasteiger partial charge in [0, 0.05) is 22.5 Å². The van der Waals surface area contributed by atoms with Crippen molar-refractivity contribution in [2.45, 2.75) is 26.6 Å². The first-order valence-electron chi connectivity index (χ1n) is 9.62. The lowest BCUT2D eigenvalue weighted by Crippen LogP contribution is -2.43. The van der Waals surface area contributed by atoms with E-state index in [9.17, 15) is 14.4 Å². The molecule has 31 heavy (non-hydrogen) atoms. The molecule has 3 aromatic heterocycles. The Kier molecular flexibility index (Phi) is 6.24. The van der Waals surface area contributed by atoms with E-state index in [1.54, 1.807) is 22.7 Å². The number of nitrogens with zero attached hydrogens (tertiary/aromatic N) is 3. The van der Waals surface area contributed by atoms with E-state index in [1.807, 2.05) is 54.8 Å². The van der Waals surface area contributed by atoms with Crippen LogP contribution < -0.4 is 16.6 Å². The molecule has 0 atom stereocenters. The molecule has 158 valence electrons. The molecule has 4 aromatic rings. The van der Waals surface area contributed by atoms with E-state index in [2.05, 4.69) is 10.3 Å². The zero-order chi connectivity index (χ0) is 21.8. The number of carbonyl (C=O) groups excluding carboxylic acids is 1. The Morgan fingerprint density at radius 3 is 2.65 bits per heavy atom. The Labute approximate surface area is 186 Å². The normalized spacial score (nSPS) is 10.9. The number of benzene rings is 1. The monoisotopic (exact) mass is 452 g/mol. The van der Waals surface area contributed by atoms with Crippen LogP contribution >= 0.6 is 22.7 Å². The highest BCUT2D eigenvalue weighted by atomic mass is 32.1. The summed E-state index contributed by atoms with van der Waals surface area (Å²) in [4.78, 5) is 43.8. The molecule has 9 heteroatoms. The number of thiazole rings is 1. The second-order valence-electron chi connectivity index (χ2n) is 6.93. The molecule has 1 N–H and O–H groups in total. The maximum atomic E-state index is 12.7. The summed E-state index contributed by atoms with van der Waals surface area (Å²) in [6.45, 7) is 2.29. The van der Waals surface area contributed by atoms with Gasteiger partial charge in [0.15, 0.2) is 0 Å². The molecule has 0 saturated heterocycles. The van der Waals surface area contributed by atoms with Crippen LogP contribution in [0.4, 0.5) is 0 Å². The lowest BCUT2D eigenvalue weighted by atomic mass is 10.2. The number of amides is 1. The summed E-state index contributed by atoms with van der Waals surface area (Å²) < 4.78 is 2.38. The van der Waals surface area contributed by atoms with Crippen LogP contribution in [-0.2, 0) is 24.4 Å². The predicted octanol–water partition coefficient (Wildman–Crippen LogP) is 2.87. The summed E-state index contributed by atoms with van der Waals surface area (Å²) in [6.07, 6.45) is 1.46. The maximum Gasteiger partial charge on any atom is 0.331 e. The lowest BCUT2D eigenvalue weighted by Gasteiger charge is -2.10. The highest BCUT2D eigenvalue weighted by Crippen LogP contribution is 2.28. The third-order valence-electron chi connectivity index (χ3n) is 4.63. The first-order chi connectivity index (χ1) is 15.0. The van der Waals surface area contributed by atoms with Crippen molar-refractivity contribution in [3.05, 3.63) is 96.4 Å². The molecule has 1 amide bonds. The first kappa shape index (κ1) is 21.0. The van der Waals surface area contributed by atoms with E-state index in [0.29, 0.717) is 13.1 Å². The summed E-state index contributed by atoms with van der Waals surface area (Å²) in [5, 5.41) is 5.80. The van der Waals surface area contributed by atoms with Crippen molar-refractivity contribution in [1.29, 1.82) is 0 Å². The molecular weight excluding hydrogens is 432 g/mol. The summed E-state index contributed by atoms with van der Waals surface area (Å²) in [7, 11) is 0. The van der Waals surface area contributed by atoms with Crippen molar-refractivity contribution < 1.29 is 4.79 Å². The van der Waals surface area contributed by atoms with E-state index in [-0.39, 0.29) is 6.54 Å². The minimum atomic E-state index is -0.510. The molecule has 0 bridgehead atoms. The van der Waals surface area contributed by atoms with Crippen molar-refractivity contribution in [2.75, 3.05) is 0 Å². The van der Waals surface area contributed by atoms with Gasteiger partial charge in [-0.05, 0) is 24.6 Å². The average Bonchev–Trinajstić information content (AvgIpc) is 3.41. The smallest absolute Gasteiger partial charge is 0.331 e. The minimum Gasteiger partial charge on any atom is -0.350 e. The number of hydrogen-bond donors (Lipinski definition) is 1. The van der Waals surface area contributed by atoms with Gasteiger partial charge in [-0.3, -0.25) is 18.7 Å². The van der Waals surface area contributed by atoms with Gasteiger partial charge in [-0.15, -0.1) is 22.7 Å². The summed E-state index contributed by atoms with van der Waals surface area (Å²) in [6, 6.07) is 14.7. The largest absolute Gasteiger partial charge is 0.350 e. The van der Waals surface area contributed by atoms with Gasteiger partial charge in [-0.1, -0.05) is 30.3 Å². The van der Waals surface area contributed by atoms with Gasteiger partial charge in [0.05, 0.1) is 28.7 Å². The number of thiophene rings is 1. The van der Waals surface area contributed by atoms with Gasteiger partial charge in [0.2, 0.25) is 5.91 Å². The van der Waals surface area contributed by atoms with Crippen molar-refractivity contribution in [3.63, 3.8) is 0 Å². The zero-order valence-corrected chi connectivity index (χ0v) is 18.4. The Bertz CT molecular complexity index is 1320. The van der Waals surface area contributed by atoms with E-state index in [4.69, 9.17) is 0 Å². The molecule has 0 fully saturated rings. The Morgan fingerprint density at radius 2 is 1.90 bits per heavy atom. The second kappa shape index (κ2) is 9.23. The van der Waals surface area contributed by atoms with Crippen molar-refractivity contribution >= 4 is 28.6 Å². The molecule has 0 saturated carbocycles. The van der Waals surface area contributed by atoms with Crippen LogP contribution in [0.5, 0.6) is 0 Å². The molecule has 0 unspecified atom stereocenters. The SMILES string of the molecule is Cc1nc(-c2ccc(CNC(=O)Cn3c(=O)ccn(Cc4ccccc4)c3=O)s2)cs1. The number of aryl methyl sites for hydroxylation is 1. The van der Waals surface area contributed by atoms with Gasteiger partial charge in [0.25, 0.3) is 5.56 Å². The van der Waals surface area contributed by atoms with Gasteiger partial charge in [0.1, 0.15) is 6.54 Å². The van der Waals surface area contributed by atoms with Gasteiger partial charge >= 0.3 is 5.69 Å². The summed E-state index contributed by atoms with van der Waals surface area (Å²) >= 11 is 3.15. The highest BCUT2D eigenvalue weighted by molar-refractivity contribution is 7.16. The van der Waals surface area contributed by atoms with Gasteiger partial charge in [-0.25, -0.2) is 9.78 Å². The van der Waals surface area contributed by atoms with Gasteiger partial charge < -0.3 is 5.32 Å². The zero-order valence-electron chi connectivity index (χ0n) is 16.8. The quantitative estimate of drug-likeness (QED) is 0.467. The Hall–Kier alpha value is -3.30. The number of nitrogens with one attached hydrogen (secondary N) is 1. The maximum absolute atomic E-state index is 12.7. The van der Waals surface area contributed by atoms with Crippen molar-refractivity contribution in [1.82, 2.24) is 19.4 Å². The van der Waals surface area contributed by atoms with Crippen LogP contribution in [0.1, 0.15) is 15.4 Å². The third-order valence-corrected chi connectivity index (χ3v) is 6.51.